The maximum atomic E-state index is 13.2. The zero-order chi connectivity index (χ0) is 17.5. The average molecular weight is 341 g/mol. The van der Waals surface area contributed by atoms with Gasteiger partial charge in [-0.1, -0.05) is 55.8 Å². The Morgan fingerprint density at radius 3 is 2.71 bits per heavy atom. The summed E-state index contributed by atoms with van der Waals surface area (Å²) < 4.78 is 1.67. The summed E-state index contributed by atoms with van der Waals surface area (Å²) in [5.41, 5.74) is 7.49. The molecule has 1 heterocycles. The number of pyridine rings is 1. The van der Waals surface area contributed by atoms with Crippen LogP contribution in [0.5, 0.6) is 0 Å². The lowest BCUT2D eigenvalue weighted by Crippen LogP contribution is -2.26. The van der Waals surface area contributed by atoms with E-state index in [2.05, 4.69) is 26.0 Å². The highest BCUT2D eigenvalue weighted by molar-refractivity contribution is 6.35. The number of benzene rings is 1. The molecule has 4 heteroatoms. The number of nitrogens with two attached hydrogens (primary N) is 1. The Bertz CT molecular complexity index is 946. The third kappa shape index (κ3) is 2.97. The first kappa shape index (κ1) is 16.7. The van der Waals surface area contributed by atoms with Gasteiger partial charge in [-0.25, -0.2) is 0 Å². The van der Waals surface area contributed by atoms with Gasteiger partial charge >= 0.3 is 0 Å². The van der Waals surface area contributed by atoms with Crippen LogP contribution in [0.15, 0.2) is 59.4 Å². The predicted octanol–water partition coefficient (Wildman–Crippen LogP) is 4.67. The van der Waals surface area contributed by atoms with Crippen LogP contribution in [0.2, 0.25) is 5.02 Å². The monoisotopic (exact) mass is 340 g/mol. The molecule has 1 aliphatic rings. The molecule has 1 unspecified atom stereocenters. The van der Waals surface area contributed by atoms with Gasteiger partial charge in [0.2, 0.25) is 0 Å². The van der Waals surface area contributed by atoms with Crippen LogP contribution in [-0.2, 0) is 0 Å². The third-order valence-corrected chi connectivity index (χ3v) is 4.54. The van der Waals surface area contributed by atoms with E-state index in [1.54, 1.807) is 10.6 Å². The normalized spacial score (nSPS) is 17.6. The van der Waals surface area contributed by atoms with Crippen molar-refractivity contribution in [1.29, 1.82) is 0 Å². The van der Waals surface area contributed by atoms with Crippen molar-refractivity contribution < 1.29 is 0 Å². The molecular formula is C20H21ClN2O. The fourth-order valence-corrected chi connectivity index (χ4v) is 3.16. The van der Waals surface area contributed by atoms with E-state index < -0.39 is 0 Å². The van der Waals surface area contributed by atoms with Gasteiger partial charge in [0, 0.05) is 22.8 Å². The highest BCUT2D eigenvalue weighted by Gasteiger charge is 2.18. The first-order chi connectivity index (χ1) is 11.3. The van der Waals surface area contributed by atoms with Gasteiger partial charge in [-0.15, -0.1) is 0 Å². The van der Waals surface area contributed by atoms with E-state index in [1.807, 2.05) is 43.4 Å². The number of halogens is 1. The topological polar surface area (TPSA) is 48.0 Å². The number of nitrogens with zero attached hydrogens (tertiary/aromatic N) is 1. The van der Waals surface area contributed by atoms with Gasteiger partial charge in [-0.05, 0) is 36.6 Å². The lowest BCUT2D eigenvalue weighted by atomic mass is 9.93. The van der Waals surface area contributed by atoms with Gasteiger partial charge in [-0.2, -0.15) is 0 Å². The van der Waals surface area contributed by atoms with Crippen molar-refractivity contribution >= 4 is 28.1 Å². The van der Waals surface area contributed by atoms with Crippen LogP contribution in [-0.4, -0.2) is 4.57 Å². The Kier molecular flexibility index (Phi) is 4.24. The summed E-state index contributed by atoms with van der Waals surface area (Å²) in [4.78, 5) is 13.2. The first-order valence-corrected chi connectivity index (χ1v) is 8.37. The second kappa shape index (κ2) is 6.08. The van der Waals surface area contributed by atoms with Gasteiger partial charge in [0.05, 0.1) is 10.4 Å². The minimum absolute atomic E-state index is 0.0646. The Labute approximate surface area is 146 Å². The van der Waals surface area contributed by atoms with Crippen molar-refractivity contribution in [2.24, 2.45) is 11.1 Å². The number of hydrogen-bond acceptors (Lipinski definition) is 2. The number of allylic oxidation sites excluding steroid dienone is 6. The molecule has 24 heavy (non-hydrogen) atoms. The molecule has 124 valence electrons. The maximum Gasteiger partial charge on any atom is 0.264 e. The lowest BCUT2D eigenvalue weighted by molar-refractivity contribution is 0.627. The number of hydrogen-bond donors (Lipinski definition) is 1. The van der Waals surface area contributed by atoms with Gasteiger partial charge < -0.3 is 5.73 Å². The second-order valence-corrected chi connectivity index (χ2v) is 7.22. The zero-order valence-electron chi connectivity index (χ0n) is 14.1. The van der Waals surface area contributed by atoms with Gasteiger partial charge in [-0.3, -0.25) is 9.36 Å². The van der Waals surface area contributed by atoms with E-state index in [0.717, 1.165) is 16.8 Å². The summed E-state index contributed by atoms with van der Waals surface area (Å²) in [5, 5.41) is 1.78. The average Bonchev–Trinajstić information content (AvgIpc) is 2.67. The van der Waals surface area contributed by atoms with Crippen LogP contribution in [0.25, 0.3) is 16.5 Å². The molecule has 1 aromatic heterocycles. The zero-order valence-corrected chi connectivity index (χ0v) is 14.8. The molecule has 0 radical (unpaired) electrons. The minimum Gasteiger partial charge on any atom is -0.323 e. The largest absolute Gasteiger partial charge is 0.323 e. The molecule has 2 N–H and O–H groups in total. The summed E-state index contributed by atoms with van der Waals surface area (Å²) in [6.45, 7) is 6.11. The van der Waals surface area contributed by atoms with Crippen molar-refractivity contribution in [2.45, 2.75) is 26.8 Å². The minimum atomic E-state index is -0.282. The summed E-state index contributed by atoms with van der Waals surface area (Å²) in [7, 11) is 0. The molecule has 0 saturated carbocycles. The number of fused-ring (bicyclic) bond motifs is 1. The summed E-state index contributed by atoms with van der Waals surface area (Å²) in [6, 6.07) is 7.13. The van der Waals surface area contributed by atoms with Crippen LogP contribution in [0.3, 0.4) is 0 Å². The Balaban J connectivity index is 2.35. The molecule has 0 amide bonds. The van der Waals surface area contributed by atoms with Crippen LogP contribution < -0.4 is 11.3 Å². The van der Waals surface area contributed by atoms with Crippen molar-refractivity contribution in [2.75, 3.05) is 0 Å². The third-order valence-electron chi connectivity index (χ3n) is 4.23. The molecule has 0 saturated heterocycles. The van der Waals surface area contributed by atoms with E-state index in [9.17, 15) is 4.79 Å². The molecule has 0 bridgehead atoms. The number of aromatic nitrogens is 1. The fraction of sp³-hybridized carbons (Fsp3) is 0.250. The molecule has 1 atom stereocenters. The van der Waals surface area contributed by atoms with Gasteiger partial charge in [0.25, 0.3) is 5.56 Å². The predicted molar refractivity (Wildman–Crippen MR) is 102 cm³/mol. The molecule has 0 fully saturated rings. The Hall–Kier alpha value is -2.10. The molecule has 0 aliphatic heterocycles. The van der Waals surface area contributed by atoms with Crippen molar-refractivity contribution in [3.05, 3.63) is 75.7 Å². The van der Waals surface area contributed by atoms with Crippen LogP contribution in [0.1, 0.15) is 32.5 Å². The highest BCUT2D eigenvalue weighted by Crippen LogP contribution is 2.27. The van der Waals surface area contributed by atoms with Crippen molar-refractivity contribution in [3.63, 3.8) is 0 Å². The smallest absolute Gasteiger partial charge is 0.264 e. The highest BCUT2D eigenvalue weighted by atomic mass is 35.5. The molecule has 3 nitrogen and oxygen atoms in total. The van der Waals surface area contributed by atoms with Crippen molar-refractivity contribution in [1.82, 2.24) is 4.57 Å². The van der Waals surface area contributed by atoms with E-state index in [4.69, 9.17) is 17.3 Å². The summed E-state index contributed by atoms with van der Waals surface area (Å²) in [6.07, 6.45) is 10.1. The quantitative estimate of drug-likeness (QED) is 0.863. The molecule has 0 spiro atoms. The first-order valence-electron chi connectivity index (χ1n) is 7.99. The van der Waals surface area contributed by atoms with Crippen molar-refractivity contribution in [3.8, 4) is 0 Å². The molecule has 1 aromatic carbocycles. The van der Waals surface area contributed by atoms with Crippen LogP contribution >= 0.6 is 11.6 Å². The standard InChI is InChI=1S/C20H21ClN2O/c1-13(22)17-12-14-6-4-8-16(21)18(14)19(24)23(17)15-7-5-10-20(2,3)11-9-15/h4-13H,22H2,1-3H3. The molecular weight excluding hydrogens is 320 g/mol. The maximum absolute atomic E-state index is 13.2. The van der Waals surface area contributed by atoms with E-state index in [-0.39, 0.29) is 17.0 Å². The number of rotatable bonds is 2. The van der Waals surface area contributed by atoms with E-state index >= 15 is 0 Å². The van der Waals surface area contributed by atoms with E-state index in [0.29, 0.717) is 10.4 Å². The van der Waals surface area contributed by atoms with Crippen LogP contribution in [0, 0.1) is 5.41 Å². The Morgan fingerprint density at radius 1 is 1.25 bits per heavy atom. The summed E-state index contributed by atoms with van der Waals surface area (Å²) >= 11 is 6.29. The Morgan fingerprint density at radius 2 is 2.00 bits per heavy atom. The molecule has 1 aliphatic carbocycles. The van der Waals surface area contributed by atoms with Gasteiger partial charge in [0.15, 0.2) is 0 Å². The second-order valence-electron chi connectivity index (χ2n) is 6.81. The van der Waals surface area contributed by atoms with Crippen LogP contribution in [0.4, 0.5) is 0 Å². The molecule has 2 aromatic rings. The fourth-order valence-electron chi connectivity index (χ4n) is 2.90. The molecule has 3 rings (SSSR count). The van der Waals surface area contributed by atoms with E-state index in [1.165, 1.54) is 0 Å². The summed E-state index contributed by atoms with van der Waals surface area (Å²) in [5.74, 6) is 0. The SMILES string of the molecule is CC(N)c1cc2cccc(Cl)c2c(=O)n1C1=CC=CC(C)(C)C=C1. The van der Waals surface area contributed by atoms with Gasteiger partial charge in [0.1, 0.15) is 0 Å². The lowest BCUT2D eigenvalue weighted by Gasteiger charge is -2.18.